The zero-order chi connectivity index (χ0) is 40.5. The minimum absolute atomic E-state index is 0.0677. The maximum atomic E-state index is 13.2. The molecule has 0 atom stereocenters. The minimum atomic E-state index is -5.15. The molecule has 0 spiro atoms. The monoisotopic (exact) mass is 798 g/mol. The fourth-order valence-corrected chi connectivity index (χ4v) is 7.33. The molecule has 0 aliphatic heterocycles. The Morgan fingerprint density at radius 2 is 0.929 bits per heavy atom. The smallest absolute Gasteiger partial charge is 0.337 e. The molecule has 0 unspecified atom stereocenters. The number of aliphatic imine (C=N–C) groups is 2. The SMILES string of the molecule is O=C(Nc1ccc(C(=O)N=C2Cc3ccccc3C=C2C(=O)O)c(S(=O)(=O)O)c1)Nc1ccc(C(=O)N=C2Cc3ccccc3C=C2C(=O)O)c(S(=O)(=O)O)c1. The van der Waals surface area contributed by atoms with E-state index >= 15 is 0 Å². The molecule has 4 aromatic rings. The molecule has 0 heterocycles. The Hall–Kier alpha value is -6.93. The van der Waals surface area contributed by atoms with Gasteiger partial charge in [0.15, 0.2) is 0 Å². The second-order valence-corrected chi connectivity index (χ2v) is 14.9. The highest BCUT2D eigenvalue weighted by Crippen LogP contribution is 2.28. The molecule has 0 bridgehead atoms. The van der Waals surface area contributed by atoms with E-state index in [0.717, 1.165) is 36.4 Å². The maximum absolute atomic E-state index is 13.2. The first-order valence-corrected chi connectivity index (χ1v) is 18.9. The van der Waals surface area contributed by atoms with Crippen LogP contribution in [0.15, 0.2) is 116 Å². The van der Waals surface area contributed by atoms with Crippen LogP contribution in [0.3, 0.4) is 0 Å². The largest absolute Gasteiger partial charge is 0.478 e. The van der Waals surface area contributed by atoms with Crippen molar-refractivity contribution in [3.63, 3.8) is 0 Å². The summed E-state index contributed by atoms with van der Waals surface area (Å²) in [5.74, 6) is -5.20. The van der Waals surface area contributed by atoms with Crippen LogP contribution in [-0.4, -0.2) is 77.4 Å². The number of hydrogen-bond acceptors (Lipinski definition) is 9. The summed E-state index contributed by atoms with van der Waals surface area (Å²) in [6.45, 7) is 0. The second kappa shape index (κ2) is 15.1. The van der Waals surface area contributed by atoms with Crippen LogP contribution in [0.1, 0.15) is 43.0 Å². The van der Waals surface area contributed by atoms with Crippen LogP contribution in [0.5, 0.6) is 0 Å². The number of carbonyl (C=O) groups excluding carboxylic acids is 3. The van der Waals surface area contributed by atoms with Crippen LogP contribution in [-0.2, 0) is 42.7 Å². The van der Waals surface area contributed by atoms with Crippen LogP contribution in [0, 0.1) is 0 Å². The number of benzene rings is 4. The van der Waals surface area contributed by atoms with E-state index in [0.29, 0.717) is 22.3 Å². The lowest BCUT2D eigenvalue weighted by molar-refractivity contribution is -0.133. The summed E-state index contributed by atoms with van der Waals surface area (Å²) in [6.07, 6.45) is 2.49. The predicted molar refractivity (Wildman–Crippen MR) is 200 cm³/mol. The van der Waals surface area contributed by atoms with E-state index in [9.17, 15) is 60.1 Å². The molecule has 6 rings (SSSR count). The number of rotatable bonds is 8. The highest BCUT2D eigenvalue weighted by molar-refractivity contribution is 7.86. The van der Waals surface area contributed by atoms with Crippen molar-refractivity contribution in [2.24, 2.45) is 9.98 Å². The fourth-order valence-electron chi connectivity index (χ4n) is 5.91. The summed E-state index contributed by atoms with van der Waals surface area (Å²) in [6, 6.07) is 17.8. The normalized spacial score (nSPS) is 15.2. The van der Waals surface area contributed by atoms with Gasteiger partial charge in [-0.1, -0.05) is 48.5 Å². The third-order valence-corrected chi connectivity index (χ3v) is 10.3. The van der Waals surface area contributed by atoms with Crippen molar-refractivity contribution in [1.82, 2.24) is 0 Å². The van der Waals surface area contributed by atoms with Gasteiger partial charge in [-0.15, -0.1) is 0 Å². The number of carbonyl (C=O) groups is 5. The molecule has 4 amide bonds. The Balaban J connectivity index is 1.23. The van der Waals surface area contributed by atoms with Gasteiger partial charge in [0.25, 0.3) is 32.1 Å². The van der Waals surface area contributed by atoms with E-state index in [1.165, 1.54) is 12.2 Å². The van der Waals surface area contributed by atoms with Gasteiger partial charge < -0.3 is 20.8 Å². The molecule has 6 N–H and O–H groups in total. The van der Waals surface area contributed by atoms with E-state index in [1.807, 2.05) is 0 Å². The third kappa shape index (κ3) is 8.40. The number of amides is 4. The van der Waals surface area contributed by atoms with Gasteiger partial charge in [0, 0.05) is 24.2 Å². The van der Waals surface area contributed by atoms with Gasteiger partial charge in [-0.3, -0.25) is 18.7 Å². The quantitative estimate of drug-likeness (QED) is 0.135. The minimum Gasteiger partial charge on any atom is -0.478 e. The van der Waals surface area contributed by atoms with Gasteiger partial charge >= 0.3 is 18.0 Å². The summed E-state index contributed by atoms with van der Waals surface area (Å²) < 4.78 is 69.2. The summed E-state index contributed by atoms with van der Waals surface area (Å²) >= 11 is 0. The number of nitrogens with one attached hydrogen (secondary N) is 2. The molecule has 0 aromatic heterocycles. The molecular formula is C37H26N4O13S2. The molecule has 19 heteroatoms. The average Bonchev–Trinajstić information content (AvgIpc) is 3.13. The van der Waals surface area contributed by atoms with Crippen LogP contribution in [0.25, 0.3) is 12.2 Å². The first-order chi connectivity index (χ1) is 26.4. The van der Waals surface area contributed by atoms with Crippen molar-refractivity contribution < 1.29 is 60.1 Å². The molecule has 4 aromatic carbocycles. The van der Waals surface area contributed by atoms with Gasteiger partial charge in [-0.2, -0.15) is 16.8 Å². The van der Waals surface area contributed by atoms with E-state index in [-0.39, 0.29) is 46.8 Å². The molecule has 2 aliphatic rings. The number of carboxylic acids is 2. The first-order valence-electron chi connectivity index (χ1n) is 16.0. The summed E-state index contributed by atoms with van der Waals surface area (Å²) in [5.41, 5.74) is -0.366. The van der Waals surface area contributed by atoms with Crippen molar-refractivity contribution >= 4 is 85.0 Å². The fraction of sp³-hybridized carbons (Fsp3) is 0.0541. The molecule has 0 fully saturated rings. The Morgan fingerprint density at radius 1 is 0.554 bits per heavy atom. The van der Waals surface area contributed by atoms with Gasteiger partial charge in [0.05, 0.1) is 33.7 Å². The van der Waals surface area contributed by atoms with E-state index in [1.54, 1.807) is 48.5 Å². The summed E-state index contributed by atoms with van der Waals surface area (Å²) in [7, 11) is -10.3. The number of hydrogen-bond donors (Lipinski definition) is 6. The Kier molecular flexibility index (Phi) is 10.4. The number of nitrogens with zero attached hydrogens (tertiary/aromatic N) is 2. The molecule has 56 heavy (non-hydrogen) atoms. The molecule has 0 saturated heterocycles. The highest BCUT2D eigenvalue weighted by atomic mass is 32.2. The van der Waals surface area contributed by atoms with E-state index < -0.39 is 70.9 Å². The lowest BCUT2D eigenvalue weighted by Gasteiger charge is -2.16. The molecule has 284 valence electrons. The zero-order valence-corrected chi connectivity index (χ0v) is 30.0. The first kappa shape index (κ1) is 38.8. The predicted octanol–water partition coefficient (Wildman–Crippen LogP) is 4.44. The van der Waals surface area contributed by atoms with Crippen molar-refractivity contribution in [3.8, 4) is 0 Å². The van der Waals surface area contributed by atoms with Crippen LogP contribution in [0.2, 0.25) is 0 Å². The van der Waals surface area contributed by atoms with Gasteiger partial charge in [0.2, 0.25) is 0 Å². The summed E-state index contributed by atoms with van der Waals surface area (Å²) in [4.78, 5) is 68.9. The number of anilines is 2. The van der Waals surface area contributed by atoms with Crippen LogP contribution < -0.4 is 10.6 Å². The van der Waals surface area contributed by atoms with Gasteiger partial charge in [-0.05, 0) is 70.8 Å². The van der Waals surface area contributed by atoms with Gasteiger partial charge in [0.1, 0.15) is 9.79 Å². The van der Waals surface area contributed by atoms with E-state index in [4.69, 9.17) is 0 Å². The number of aliphatic carboxylic acids is 2. The molecule has 17 nitrogen and oxygen atoms in total. The van der Waals surface area contributed by atoms with Crippen molar-refractivity contribution in [3.05, 3.63) is 129 Å². The van der Waals surface area contributed by atoms with Crippen molar-refractivity contribution in [1.29, 1.82) is 0 Å². The second-order valence-electron chi connectivity index (χ2n) is 12.2. The zero-order valence-electron chi connectivity index (χ0n) is 28.3. The standard InChI is InChI=1S/C37H26N4O13S2/c42-33(40-29-15-21-7-3-1-5-19(21)13-27(29)35(44)45)25-11-9-23(17-31(25)55(49,50)51)38-37(48)39-24-10-12-26(32(18-24)56(52,53)54)34(43)41-30-16-22-8-4-2-6-20(22)14-28(30)36(46)47/h1-14,17-18H,15-16H2,(H,44,45)(H,46,47)(H2,38,39,48)(H,49,50,51)(H,52,53,54). The van der Waals surface area contributed by atoms with Crippen LogP contribution in [0.4, 0.5) is 16.2 Å². The average molecular weight is 799 g/mol. The third-order valence-electron chi connectivity index (χ3n) is 8.48. The lowest BCUT2D eigenvalue weighted by Crippen LogP contribution is -2.22. The number of urea groups is 1. The Bertz CT molecular complexity index is 2580. The highest BCUT2D eigenvalue weighted by Gasteiger charge is 2.28. The maximum Gasteiger partial charge on any atom is 0.337 e. The topological polar surface area (TPSA) is 283 Å². The molecular weight excluding hydrogens is 773 g/mol. The Morgan fingerprint density at radius 3 is 1.29 bits per heavy atom. The molecule has 2 aliphatic carbocycles. The number of fused-ring (bicyclic) bond motifs is 2. The number of carboxylic acid groups (broad SMARTS) is 2. The molecule has 0 saturated carbocycles. The van der Waals surface area contributed by atoms with Crippen molar-refractivity contribution in [2.45, 2.75) is 22.6 Å². The lowest BCUT2D eigenvalue weighted by atomic mass is 9.90. The summed E-state index contributed by atoms with van der Waals surface area (Å²) in [5, 5.41) is 23.9. The Labute approximate surface area is 316 Å². The van der Waals surface area contributed by atoms with Crippen molar-refractivity contribution in [2.75, 3.05) is 10.6 Å². The molecule has 0 radical (unpaired) electrons. The van der Waals surface area contributed by atoms with E-state index in [2.05, 4.69) is 20.6 Å². The van der Waals surface area contributed by atoms with Gasteiger partial charge in [-0.25, -0.2) is 24.4 Å². The van der Waals surface area contributed by atoms with Crippen LogP contribution >= 0.6 is 0 Å².